The Morgan fingerprint density at radius 1 is 0.917 bits per heavy atom. The highest BCUT2D eigenvalue weighted by molar-refractivity contribution is 6.30. The zero-order valence-electron chi connectivity index (χ0n) is 20.8. The maximum atomic E-state index is 13.5. The lowest BCUT2D eigenvalue weighted by Crippen LogP contribution is -2.44. The summed E-state index contributed by atoms with van der Waals surface area (Å²) in [7, 11) is 3.25. The summed E-state index contributed by atoms with van der Waals surface area (Å²) >= 11 is 5.98. The Bertz CT molecular complexity index is 1090. The van der Waals surface area contributed by atoms with Crippen LogP contribution in [0, 0.1) is 0 Å². The number of carbonyl (C=O) groups is 2. The third kappa shape index (κ3) is 8.11. The molecule has 0 aliphatic rings. The molecule has 3 aromatic carbocycles. The van der Waals surface area contributed by atoms with Gasteiger partial charge in [0, 0.05) is 38.2 Å². The molecule has 2 amide bonds. The number of ether oxygens (including phenoxy) is 2. The molecule has 3 rings (SSSR count). The number of nitrogens with one attached hydrogen (secondary N) is 1. The predicted octanol–water partition coefficient (Wildman–Crippen LogP) is 5.20. The molecule has 7 heteroatoms. The summed E-state index contributed by atoms with van der Waals surface area (Å²) in [6.45, 7) is 1.24. The molecule has 1 unspecified atom stereocenters. The topological polar surface area (TPSA) is 67.9 Å². The highest BCUT2D eigenvalue weighted by Gasteiger charge is 2.30. The summed E-state index contributed by atoms with van der Waals surface area (Å²) in [5.41, 5.74) is 2.72. The van der Waals surface area contributed by atoms with Crippen LogP contribution in [-0.4, -0.2) is 44.1 Å². The van der Waals surface area contributed by atoms with Gasteiger partial charge in [0.2, 0.25) is 11.8 Å². The molecular weight excluding hydrogens is 476 g/mol. The zero-order valence-corrected chi connectivity index (χ0v) is 21.5. The van der Waals surface area contributed by atoms with Crippen LogP contribution in [0.15, 0.2) is 78.9 Å². The minimum absolute atomic E-state index is 0.0857. The van der Waals surface area contributed by atoms with Crippen molar-refractivity contribution in [3.05, 3.63) is 101 Å². The Labute approximate surface area is 218 Å². The van der Waals surface area contributed by atoms with Crippen LogP contribution in [-0.2, 0) is 27.3 Å². The number of hydrogen-bond donors (Lipinski definition) is 1. The van der Waals surface area contributed by atoms with Crippen molar-refractivity contribution in [2.75, 3.05) is 27.4 Å². The Morgan fingerprint density at radius 3 is 2.22 bits per heavy atom. The Kier molecular flexibility index (Phi) is 10.8. The Balaban J connectivity index is 1.79. The highest BCUT2D eigenvalue weighted by atomic mass is 35.5. The van der Waals surface area contributed by atoms with E-state index >= 15 is 0 Å². The van der Waals surface area contributed by atoms with Crippen molar-refractivity contribution in [3.8, 4) is 5.75 Å². The first-order chi connectivity index (χ1) is 17.5. The van der Waals surface area contributed by atoms with E-state index in [2.05, 4.69) is 5.32 Å². The maximum absolute atomic E-state index is 13.5. The van der Waals surface area contributed by atoms with Gasteiger partial charge in [0.25, 0.3) is 0 Å². The van der Waals surface area contributed by atoms with Gasteiger partial charge in [-0.2, -0.15) is 0 Å². The summed E-state index contributed by atoms with van der Waals surface area (Å²) in [4.78, 5) is 28.7. The molecule has 0 aliphatic carbocycles. The highest BCUT2D eigenvalue weighted by Crippen LogP contribution is 2.24. The molecule has 0 fully saturated rings. The van der Waals surface area contributed by atoms with Gasteiger partial charge in [-0.1, -0.05) is 66.2 Å². The fourth-order valence-electron chi connectivity index (χ4n) is 3.96. The van der Waals surface area contributed by atoms with Gasteiger partial charge in [0.15, 0.2) is 0 Å². The molecule has 190 valence electrons. The number of amides is 2. The van der Waals surface area contributed by atoms with Crippen molar-refractivity contribution < 1.29 is 19.1 Å². The molecule has 6 nitrogen and oxygen atoms in total. The van der Waals surface area contributed by atoms with Gasteiger partial charge in [-0.3, -0.25) is 9.59 Å². The lowest BCUT2D eigenvalue weighted by Gasteiger charge is -2.31. The molecular formula is C29H33ClN2O4. The monoisotopic (exact) mass is 508 g/mol. The molecule has 0 aromatic heterocycles. The zero-order chi connectivity index (χ0) is 25.8. The van der Waals surface area contributed by atoms with Crippen molar-refractivity contribution in [2.24, 2.45) is 0 Å². The second-order valence-corrected chi connectivity index (χ2v) is 8.88. The van der Waals surface area contributed by atoms with Gasteiger partial charge in [0.05, 0.1) is 7.11 Å². The van der Waals surface area contributed by atoms with Crippen molar-refractivity contribution in [1.29, 1.82) is 0 Å². The summed E-state index contributed by atoms with van der Waals surface area (Å²) in [6.07, 6.45) is 1.48. The molecule has 0 saturated carbocycles. The van der Waals surface area contributed by atoms with Crippen LogP contribution >= 0.6 is 11.6 Å². The summed E-state index contributed by atoms with van der Waals surface area (Å²) in [6, 6.07) is 23.7. The van der Waals surface area contributed by atoms with Crippen LogP contribution in [0.5, 0.6) is 5.75 Å². The van der Waals surface area contributed by atoms with Crippen LogP contribution in [0.4, 0.5) is 0 Å². The molecule has 0 spiro atoms. The number of rotatable bonds is 13. The largest absolute Gasteiger partial charge is 0.497 e. The van der Waals surface area contributed by atoms with Crippen molar-refractivity contribution in [1.82, 2.24) is 10.2 Å². The number of carbonyl (C=O) groups excluding carboxylic acids is 2. The van der Waals surface area contributed by atoms with E-state index in [1.165, 1.54) is 0 Å². The second-order valence-electron chi connectivity index (χ2n) is 8.44. The van der Waals surface area contributed by atoms with E-state index in [1.54, 1.807) is 31.3 Å². The predicted molar refractivity (Wildman–Crippen MR) is 142 cm³/mol. The second kappa shape index (κ2) is 14.3. The van der Waals surface area contributed by atoms with Crippen LogP contribution < -0.4 is 10.1 Å². The Morgan fingerprint density at radius 2 is 1.58 bits per heavy atom. The third-order valence-electron chi connectivity index (χ3n) is 5.91. The van der Waals surface area contributed by atoms with Gasteiger partial charge < -0.3 is 19.7 Å². The standard InChI is InChI=1S/C29H33ClN2O4/c1-35-20-6-19-32(27(33)18-13-22-11-16-26(36-2)17-12-22)28(24-7-4-3-5-8-24)29(34)31-21-23-9-14-25(30)15-10-23/h3-5,7-12,14-17,28H,6,13,18-21H2,1-2H3,(H,31,34). The van der Waals surface area contributed by atoms with E-state index in [1.807, 2.05) is 66.7 Å². The fourth-order valence-corrected chi connectivity index (χ4v) is 4.09. The van der Waals surface area contributed by atoms with Gasteiger partial charge >= 0.3 is 0 Å². The lowest BCUT2D eigenvalue weighted by atomic mass is 10.0. The molecule has 1 atom stereocenters. The number of methoxy groups -OCH3 is 2. The van der Waals surface area contributed by atoms with Crippen LogP contribution in [0.3, 0.4) is 0 Å². The van der Waals surface area contributed by atoms with E-state index < -0.39 is 6.04 Å². The fraction of sp³-hybridized carbons (Fsp3) is 0.310. The molecule has 0 saturated heterocycles. The smallest absolute Gasteiger partial charge is 0.247 e. The SMILES string of the molecule is COCCCN(C(=O)CCc1ccc(OC)cc1)C(C(=O)NCc1ccc(Cl)cc1)c1ccccc1. The third-order valence-corrected chi connectivity index (χ3v) is 6.16. The lowest BCUT2D eigenvalue weighted by molar-refractivity contribution is -0.141. The van der Waals surface area contributed by atoms with E-state index in [9.17, 15) is 9.59 Å². The van der Waals surface area contributed by atoms with Crippen LogP contribution in [0.25, 0.3) is 0 Å². The van der Waals surface area contributed by atoms with E-state index in [0.29, 0.717) is 37.6 Å². The Hall–Kier alpha value is -3.35. The minimum Gasteiger partial charge on any atom is -0.497 e. The number of aryl methyl sites for hydroxylation is 1. The van der Waals surface area contributed by atoms with E-state index in [-0.39, 0.29) is 18.2 Å². The van der Waals surface area contributed by atoms with Gasteiger partial charge in [-0.15, -0.1) is 0 Å². The van der Waals surface area contributed by atoms with Gasteiger partial charge in [-0.05, 0) is 53.8 Å². The summed E-state index contributed by atoms with van der Waals surface area (Å²) in [5.74, 6) is 0.455. The van der Waals surface area contributed by atoms with Gasteiger partial charge in [-0.25, -0.2) is 0 Å². The number of benzene rings is 3. The quantitative estimate of drug-likeness (QED) is 0.322. The van der Waals surface area contributed by atoms with E-state index in [0.717, 1.165) is 22.4 Å². The van der Waals surface area contributed by atoms with E-state index in [4.69, 9.17) is 21.1 Å². The average molecular weight is 509 g/mol. The summed E-state index contributed by atoms with van der Waals surface area (Å²) < 4.78 is 10.4. The first-order valence-corrected chi connectivity index (χ1v) is 12.4. The first kappa shape index (κ1) is 27.2. The number of hydrogen-bond acceptors (Lipinski definition) is 4. The summed E-state index contributed by atoms with van der Waals surface area (Å²) in [5, 5.41) is 3.65. The minimum atomic E-state index is -0.751. The normalized spacial score (nSPS) is 11.5. The molecule has 0 radical (unpaired) electrons. The molecule has 0 aliphatic heterocycles. The molecule has 36 heavy (non-hydrogen) atoms. The van der Waals surface area contributed by atoms with Crippen LogP contribution in [0.2, 0.25) is 5.02 Å². The van der Waals surface area contributed by atoms with Crippen molar-refractivity contribution in [2.45, 2.75) is 31.8 Å². The average Bonchev–Trinajstić information content (AvgIpc) is 2.91. The molecule has 0 heterocycles. The molecule has 3 aromatic rings. The number of nitrogens with zero attached hydrogens (tertiary/aromatic N) is 1. The number of halogens is 1. The van der Waals surface area contributed by atoms with Crippen molar-refractivity contribution in [3.63, 3.8) is 0 Å². The van der Waals surface area contributed by atoms with Crippen LogP contribution in [0.1, 0.15) is 35.6 Å². The van der Waals surface area contributed by atoms with Gasteiger partial charge in [0.1, 0.15) is 11.8 Å². The maximum Gasteiger partial charge on any atom is 0.247 e. The van der Waals surface area contributed by atoms with Crippen molar-refractivity contribution >= 4 is 23.4 Å². The molecule has 1 N–H and O–H groups in total. The molecule has 0 bridgehead atoms. The first-order valence-electron chi connectivity index (χ1n) is 12.0.